The zero-order chi connectivity index (χ0) is 13.1. The maximum Gasteiger partial charge on any atom is 0.190 e. The lowest BCUT2D eigenvalue weighted by atomic mass is 10.1. The summed E-state index contributed by atoms with van der Waals surface area (Å²) in [7, 11) is 0. The highest BCUT2D eigenvalue weighted by Crippen LogP contribution is 2.24. The fraction of sp³-hybridized carbons (Fsp3) is 0.500. The van der Waals surface area contributed by atoms with Gasteiger partial charge in [-0.1, -0.05) is 5.16 Å². The molecule has 1 saturated heterocycles. The Kier molecular flexibility index (Phi) is 3.66. The molecule has 0 bridgehead atoms. The van der Waals surface area contributed by atoms with Crippen molar-refractivity contribution >= 4 is 11.5 Å². The topological polar surface area (TPSA) is 84.0 Å². The average Bonchev–Trinajstić information content (AvgIpc) is 2.40. The van der Waals surface area contributed by atoms with E-state index in [-0.39, 0.29) is 18.0 Å². The SMILES string of the molecule is CC1CN(c2cccnc2/C(N)=N/O)C(C)CO1. The lowest BCUT2D eigenvalue weighted by Gasteiger charge is -2.39. The number of rotatable bonds is 2. The van der Waals surface area contributed by atoms with Gasteiger partial charge >= 0.3 is 0 Å². The summed E-state index contributed by atoms with van der Waals surface area (Å²) < 4.78 is 5.60. The molecule has 18 heavy (non-hydrogen) atoms. The van der Waals surface area contributed by atoms with Gasteiger partial charge in [0.2, 0.25) is 0 Å². The van der Waals surface area contributed by atoms with E-state index in [0.29, 0.717) is 12.3 Å². The number of amidine groups is 1. The van der Waals surface area contributed by atoms with Crippen molar-refractivity contribution in [2.45, 2.75) is 26.0 Å². The molecular weight excluding hydrogens is 232 g/mol. The summed E-state index contributed by atoms with van der Waals surface area (Å²) in [5, 5.41) is 11.8. The van der Waals surface area contributed by atoms with E-state index in [0.717, 1.165) is 12.2 Å². The third-order valence-electron chi connectivity index (χ3n) is 3.05. The largest absolute Gasteiger partial charge is 0.409 e. The van der Waals surface area contributed by atoms with E-state index in [9.17, 15) is 0 Å². The fourth-order valence-electron chi connectivity index (χ4n) is 2.11. The summed E-state index contributed by atoms with van der Waals surface area (Å²) in [6.45, 7) is 5.53. The number of aromatic nitrogens is 1. The van der Waals surface area contributed by atoms with E-state index in [1.165, 1.54) is 0 Å². The molecule has 98 valence electrons. The maximum atomic E-state index is 8.81. The van der Waals surface area contributed by atoms with Gasteiger partial charge in [0.25, 0.3) is 0 Å². The van der Waals surface area contributed by atoms with Gasteiger partial charge in [-0.25, -0.2) is 0 Å². The van der Waals surface area contributed by atoms with E-state index in [1.807, 2.05) is 19.1 Å². The highest BCUT2D eigenvalue weighted by molar-refractivity contribution is 6.00. The fourth-order valence-corrected chi connectivity index (χ4v) is 2.11. The van der Waals surface area contributed by atoms with Crippen molar-refractivity contribution in [3.8, 4) is 0 Å². The number of pyridine rings is 1. The van der Waals surface area contributed by atoms with Gasteiger partial charge in [-0.05, 0) is 26.0 Å². The van der Waals surface area contributed by atoms with Crippen LogP contribution in [0.4, 0.5) is 5.69 Å². The zero-order valence-corrected chi connectivity index (χ0v) is 10.6. The summed E-state index contributed by atoms with van der Waals surface area (Å²) >= 11 is 0. The molecule has 0 amide bonds. The van der Waals surface area contributed by atoms with Crippen molar-refractivity contribution in [3.63, 3.8) is 0 Å². The first kappa shape index (κ1) is 12.6. The molecule has 3 N–H and O–H groups in total. The Morgan fingerprint density at radius 3 is 3.11 bits per heavy atom. The standard InChI is InChI=1S/C12H18N4O2/c1-8-7-18-9(2)6-16(8)10-4-3-5-14-11(10)12(13)15-17/h3-5,8-9,17H,6-7H2,1-2H3,(H2,13,15). The number of oxime groups is 1. The van der Waals surface area contributed by atoms with Crippen LogP contribution in [0, 0.1) is 0 Å². The molecular formula is C12H18N4O2. The molecule has 2 unspecified atom stereocenters. The summed E-state index contributed by atoms with van der Waals surface area (Å²) in [4.78, 5) is 6.36. The molecule has 1 aliphatic rings. The van der Waals surface area contributed by atoms with Crippen LogP contribution in [0.1, 0.15) is 19.5 Å². The van der Waals surface area contributed by atoms with Crippen LogP contribution in [-0.2, 0) is 4.74 Å². The smallest absolute Gasteiger partial charge is 0.190 e. The monoisotopic (exact) mass is 250 g/mol. The lowest BCUT2D eigenvalue weighted by Crippen LogP contribution is -2.48. The summed E-state index contributed by atoms with van der Waals surface area (Å²) in [6, 6.07) is 4.00. The molecule has 0 spiro atoms. The average molecular weight is 250 g/mol. The number of anilines is 1. The molecule has 0 aromatic carbocycles. The first-order valence-electron chi connectivity index (χ1n) is 5.94. The molecule has 1 aromatic rings. The summed E-state index contributed by atoms with van der Waals surface area (Å²) in [5.74, 6) is 0.0249. The van der Waals surface area contributed by atoms with Crippen LogP contribution in [-0.4, -0.2) is 41.3 Å². The molecule has 2 rings (SSSR count). The highest BCUT2D eigenvalue weighted by atomic mass is 16.5. The van der Waals surface area contributed by atoms with E-state index in [1.54, 1.807) is 6.20 Å². The third kappa shape index (κ3) is 2.38. The van der Waals surface area contributed by atoms with E-state index in [4.69, 9.17) is 15.7 Å². The van der Waals surface area contributed by atoms with Crippen LogP contribution in [0.3, 0.4) is 0 Å². The van der Waals surface area contributed by atoms with Gasteiger partial charge < -0.3 is 20.6 Å². The predicted molar refractivity (Wildman–Crippen MR) is 69.0 cm³/mol. The minimum Gasteiger partial charge on any atom is -0.409 e. The Morgan fingerprint density at radius 1 is 1.61 bits per heavy atom. The summed E-state index contributed by atoms with van der Waals surface area (Å²) in [6.07, 6.45) is 1.78. The molecule has 1 aromatic heterocycles. The van der Waals surface area contributed by atoms with Crippen molar-refractivity contribution in [2.75, 3.05) is 18.1 Å². The normalized spacial score (nSPS) is 25.2. The van der Waals surface area contributed by atoms with Crippen molar-refractivity contribution < 1.29 is 9.94 Å². The van der Waals surface area contributed by atoms with Crippen LogP contribution >= 0.6 is 0 Å². The molecule has 1 aliphatic heterocycles. The Hall–Kier alpha value is -1.82. The Morgan fingerprint density at radius 2 is 2.39 bits per heavy atom. The molecule has 0 aliphatic carbocycles. The number of nitrogens with two attached hydrogens (primary N) is 1. The minimum atomic E-state index is 0.0249. The van der Waals surface area contributed by atoms with Crippen molar-refractivity contribution in [1.82, 2.24) is 4.98 Å². The quantitative estimate of drug-likeness (QED) is 0.351. The van der Waals surface area contributed by atoms with Gasteiger partial charge in [0.1, 0.15) is 5.69 Å². The number of morpholine rings is 1. The van der Waals surface area contributed by atoms with Gasteiger partial charge in [0, 0.05) is 18.8 Å². The second-order valence-corrected chi connectivity index (χ2v) is 4.50. The Bertz CT molecular complexity index is 449. The predicted octanol–water partition coefficient (Wildman–Crippen LogP) is 0.790. The molecule has 2 heterocycles. The van der Waals surface area contributed by atoms with Crippen LogP contribution in [0.25, 0.3) is 0 Å². The molecule has 0 saturated carbocycles. The maximum absolute atomic E-state index is 8.81. The van der Waals surface area contributed by atoms with Crippen LogP contribution < -0.4 is 10.6 Å². The van der Waals surface area contributed by atoms with Crippen LogP contribution in [0.5, 0.6) is 0 Å². The number of hydrogen-bond acceptors (Lipinski definition) is 5. The van der Waals surface area contributed by atoms with Gasteiger partial charge in [0.15, 0.2) is 5.84 Å². The molecule has 0 radical (unpaired) electrons. The summed E-state index contributed by atoms with van der Waals surface area (Å²) in [5.41, 5.74) is 7.03. The van der Waals surface area contributed by atoms with Crippen LogP contribution in [0.2, 0.25) is 0 Å². The molecule has 6 nitrogen and oxygen atoms in total. The lowest BCUT2D eigenvalue weighted by molar-refractivity contribution is 0.0343. The van der Waals surface area contributed by atoms with E-state index < -0.39 is 0 Å². The Labute approximate surface area is 106 Å². The molecule has 1 fully saturated rings. The third-order valence-corrected chi connectivity index (χ3v) is 3.05. The van der Waals surface area contributed by atoms with Gasteiger partial charge in [-0.15, -0.1) is 0 Å². The second kappa shape index (κ2) is 5.22. The number of hydrogen-bond donors (Lipinski definition) is 2. The first-order valence-corrected chi connectivity index (χ1v) is 5.94. The molecule has 2 atom stereocenters. The van der Waals surface area contributed by atoms with Gasteiger partial charge in [-0.2, -0.15) is 0 Å². The van der Waals surface area contributed by atoms with Gasteiger partial charge in [-0.3, -0.25) is 4.98 Å². The van der Waals surface area contributed by atoms with Crippen molar-refractivity contribution in [3.05, 3.63) is 24.0 Å². The van der Waals surface area contributed by atoms with Gasteiger partial charge in [0.05, 0.1) is 18.4 Å². The minimum absolute atomic E-state index is 0.0249. The van der Waals surface area contributed by atoms with Crippen molar-refractivity contribution in [2.24, 2.45) is 10.9 Å². The van der Waals surface area contributed by atoms with Crippen molar-refractivity contribution in [1.29, 1.82) is 0 Å². The Balaban J connectivity index is 2.37. The van der Waals surface area contributed by atoms with E-state index in [2.05, 4.69) is 22.0 Å². The number of ether oxygens (including phenoxy) is 1. The van der Waals surface area contributed by atoms with Crippen LogP contribution in [0.15, 0.2) is 23.5 Å². The first-order chi connectivity index (χ1) is 8.63. The molecule has 6 heteroatoms. The van der Waals surface area contributed by atoms with E-state index >= 15 is 0 Å². The zero-order valence-electron chi connectivity index (χ0n) is 10.6. The highest BCUT2D eigenvalue weighted by Gasteiger charge is 2.26. The second-order valence-electron chi connectivity index (χ2n) is 4.50. The number of nitrogens with zero attached hydrogens (tertiary/aromatic N) is 3.